The molecule has 1 atom stereocenters. The zero-order valence-corrected chi connectivity index (χ0v) is 12.1. The van der Waals surface area contributed by atoms with Crippen LogP contribution in [0.1, 0.15) is 10.5 Å². The number of hydrogen-bond donors (Lipinski definition) is 2. The second kappa shape index (κ2) is 4.88. The Bertz CT molecular complexity index is 816. The van der Waals surface area contributed by atoms with E-state index in [4.69, 9.17) is 0 Å². The Morgan fingerprint density at radius 3 is 2.95 bits per heavy atom. The molecule has 0 spiro atoms. The first-order chi connectivity index (χ1) is 9.94. The van der Waals surface area contributed by atoms with Crippen LogP contribution in [0.15, 0.2) is 35.9 Å². The van der Waals surface area contributed by atoms with Crippen molar-refractivity contribution in [2.45, 2.75) is 6.04 Å². The quantitative estimate of drug-likeness (QED) is 0.860. The van der Waals surface area contributed by atoms with Gasteiger partial charge in [0.25, 0.3) is 5.91 Å². The third-order valence-corrected chi connectivity index (χ3v) is 4.67. The maximum atomic E-state index is 12.1. The summed E-state index contributed by atoms with van der Waals surface area (Å²) in [6, 6.07) is 4.92. The Labute approximate surface area is 121 Å². The van der Waals surface area contributed by atoms with Crippen LogP contribution in [0.25, 0.3) is 11.4 Å². The number of carbonyl (C=O) groups excluding carboxylic acids is 1. The van der Waals surface area contributed by atoms with E-state index in [-0.39, 0.29) is 11.7 Å². The van der Waals surface area contributed by atoms with Gasteiger partial charge >= 0.3 is 0 Å². The van der Waals surface area contributed by atoms with Gasteiger partial charge in [0.1, 0.15) is 11.4 Å². The van der Waals surface area contributed by atoms with E-state index in [0.717, 1.165) is 11.1 Å². The standard InChI is InChI=1S/C13H14N4O3S/c1-17-5-2-3-12(17)10-7-11(16-15-10)13(18)14-9-4-6-21(19,20)8-9/h2-7,9H,8H2,1H3,(H,14,18)(H,15,16). The molecule has 3 heterocycles. The zero-order chi connectivity index (χ0) is 15.0. The van der Waals surface area contributed by atoms with Crippen LogP contribution in [0.2, 0.25) is 0 Å². The van der Waals surface area contributed by atoms with Crippen LogP contribution < -0.4 is 5.32 Å². The summed E-state index contributed by atoms with van der Waals surface area (Å²) < 4.78 is 24.5. The van der Waals surface area contributed by atoms with Crippen LogP contribution in [-0.2, 0) is 16.9 Å². The van der Waals surface area contributed by atoms with Crippen molar-refractivity contribution in [3.05, 3.63) is 41.6 Å². The minimum absolute atomic E-state index is 0.0997. The number of aryl methyl sites for hydroxylation is 1. The van der Waals surface area contributed by atoms with Crippen LogP contribution in [0, 0.1) is 0 Å². The fraction of sp³-hybridized carbons (Fsp3) is 0.231. The summed E-state index contributed by atoms with van der Waals surface area (Å²) in [5.74, 6) is -0.480. The number of carbonyl (C=O) groups is 1. The molecule has 1 amide bonds. The lowest BCUT2D eigenvalue weighted by Gasteiger charge is -2.08. The van der Waals surface area contributed by atoms with Crippen LogP contribution in [0.3, 0.4) is 0 Å². The molecule has 21 heavy (non-hydrogen) atoms. The maximum absolute atomic E-state index is 12.1. The van der Waals surface area contributed by atoms with Crippen molar-refractivity contribution in [2.24, 2.45) is 7.05 Å². The van der Waals surface area contributed by atoms with Crippen molar-refractivity contribution in [2.75, 3.05) is 5.75 Å². The molecule has 0 saturated heterocycles. The fourth-order valence-corrected chi connectivity index (χ4v) is 3.44. The Hall–Kier alpha value is -2.35. The summed E-state index contributed by atoms with van der Waals surface area (Å²) in [7, 11) is -1.30. The molecular formula is C13H14N4O3S. The van der Waals surface area contributed by atoms with Crippen LogP contribution >= 0.6 is 0 Å². The van der Waals surface area contributed by atoms with Crippen molar-refractivity contribution in [1.29, 1.82) is 0 Å². The molecule has 110 valence electrons. The fourth-order valence-electron chi connectivity index (χ4n) is 2.21. The molecule has 3 rings (SSSR count). The normalized spacial score (nSPS) is 19.8. The van der Waals surface area contributed by atoms with Crippen LogP contribution in [0.5, 0.6) is 0 Å². The van der Waals surface area contributed by atoms with Gasteiger partial charge < -0.3 is 9.88 Å². The molecular weight excluding hydrogens is 292 g/mol. The van der Waals surface area contributed by atoms with E-state index in [9.17, 15) is 13.2 Å². The van der Waals surface area contributed by atoms with E-state index >= 15 is 0 Å². The number of rotatable bonds is 3. The third kappa shape index (κ3) is 2.75. The van der Waals surface area contributed by atoms with Gasteiger partial charge in [-0.2, -0.15) is 5.10 Å². The molecule has 1 aliphatic heterocycles. The lowest BCUT2D eigenvalue weighted by Crippen LogP contribution is -2.35. The number of aromatic amines is 1. The molecule has 1 unspecified atom stereocenters. The number of nitrogens with one attached hydrogen (secondary N) is 2. The largest absolute Gasteiger partial charge is 0.349 e. The molecule has 7 nitrogen and oxygen atoms in total. The number of sulfone groups is 1. The van der Waals surface area contributed by atoms with Gasteiger partial charge in [0.15, 0.2) is 9.84 Å². The van der Waals surface area contributed by atoms with Gasteiger partial charge in [-0.3, -0.25) is 9.89 Å². The highest BCUT2D eigenvalue weighted by Gasteiger charge is 2.24. The number of nitrogens with zero attached hydrogens (tertiary/aromatic N) is 2. The molecule has 0 saturated carbocycles. The topological polar surface area (TPSA) is 96.9 Å². The number of H-pyrrole nitrogens is 1. The van der Waals surface area contributed by atoms with Gasteiger partial charge in [0, 0.05) is 18.7 Å². The van der Waals surface area contributed by atoms with Gasteiger partial charge in [0.05, 0.1) is 17.5 Å². The van der Waals surface area contributed by atoms with E-state index in [1.54, 1.807) is 6.07 Å². The first-order valence-electron chi connectivity index (χ1n) is 6.33. The Kier molecular flexibility index (Phi) is 3.17. The van der Waals surface area contributed by atoms with Gasteiger partial charge in [-0.05, 0) is 24.3 Å². The molecule has 0 fully saturated rings. The predicted octanol–water partition coefficient (Wildman–Crippen LogP) is 0.456. The Morgan fingerprint density at radius 1 is 1.52 bits per heavy atom. The monoisotopic (exact) mass is 306 g/mol. The van der Waals surface area contributed by atoms with Gasteiger partial charge in [0.2, 0.25) is 0 Å². The molecule has 2 aromatic heterocycles. The smallest absolute Gasteiger partial charge is 0.269 e. The average molecular weight is 306 g/mol. The second-order valence-corrected chi connectivity index (χ2v) is 6.84. The highest BCUT2D eigenvalue weighted by atomic mass is 32.2. The third-order valence-electron chi connectivity index (χ3n) is 3.28. The lowest BCUT2D eigenvalue weighted by atomic mass is 10.2. The summed E-state index contributed by atoms with van der Waals surface area (Å²) in [5.41, 5.74) is 1.83. The summed E-state index contributed by atoms with van der Waals surface area (Å²) in [6.07, 6.45) is 3.36. The summed E-state index contributed by atoms with van der Waals surface area (Å²) in [5, 5.41) is 10.5. The van der Waals surface area contributed by atoms with E-state index in [2.05, 4.69) is 15.5 Å². The average Bonchev–Trinajstić information content (AvgIpc) is 3.09. The van der Waals surface area contributed by atoms with Gasteiger partial charge in [-0.15, -0.1) is 0 Å². The molecule has 0 aromatic carbocycles. The summed E-state index contributed by atoms with van der Waals surface area (Å²) in [6.45, 7) is 0. The van der Waals surface area contributed by atoms with Crippen molar-refractivity contribution < 1.29 is 13.2 Å². The van der Waals surface area contributed by atoms with E-state index in [0.29, 0.717) is 11.4 Å². The van der Waals surface area contributed by atoms with Crippen LogP contribution in [0.4, 0.5) is 0 Å². The van der Waals surface area contributed by atoms with E-state index in [1.165, 1.54) is 6.08 Å². The van der Waals surface area contributed by atoms with Crippen molar-refractivity contribution in [1.82, 2.24) is 20.1 Å². The first-order valence-corrected chi connectivity index (χ1v) is 8.05. The van der Waals surface area contributed by atoms with Gasteiger partial charge in [-0.25, -0.2) is 8.42 Å². The van der Waals surface area contributed by atoms with Crippen molar-refractivity contribution in [3.63, 3.8) is 0 Å². The molecule has 0 bridgehead atoms. The second-order valence-electron chi connectivity index (χ2n) is 4.91. The lowest BCUT2D eigenvalue weighted by molar-refractivity contribution is 0.0942. The predicted molar refractivity (Wildman–Crippen MR) is 77.2 cm³/mol. The molecule has 2 aromatic rings. The van der Waals surface area contributed by atoms with E-state index < -0.39 is 15.9 Å². The summed E-state index contributed by atoms with van der Waals surface area (Å²) in [4.78, 5) is 12.1. The number of hydrogen-bond acceptors (Lipinski definition) is 4. The minimum Gasteiger partial charge on any atom is -0.349 e. The molecule has 8 heteroatoms. The molecule has 0 aliphatic carbocycles. The number of amides is 1. The SMILES string of the molecule is Cn1cccc1-c1cc(C(=O)NC2C=CS(=O)(=O)C2)[nH]n1. The Morgan fingerprint density at radius 2 is 2.33 bits per heavy atom. The Balaban J connectivity index is 1.74. The molecule has 0 radical (unpaired) electrons. The number of aromatic nitrogens is 3. The van der Waals surface area contributed by atoms with Crippen molar-refractivity contribution >= 4 is 15.7 Å². The van der Waals surface area contributed by atoms with Crippen LogP contribution in [-0.4, -0.2) is 40.9 Å². The first kappa shape index (κ1) is 13.6. The highest BCUT2D eigenvalue weighted by Crippen LogP contribution is 2.17. The van der Waals surface area contributed by atoms with Gasteiger partial charge in [-0.1, -0.05) is 0 Å². The van der Waals surface area contributed by atoms with E-state index in [1.807, 2.05) is 29.9 Å². The molecule has 1 aliphatic rings. The molecule has 2 N–H and O–H groups in total. The minimum atomic E-state index is -3.18. The maximum Gasteiger partial charge on any atom is 0.269 e. The summed E-state index contributed by atoms with van der Waals surface area (Å²) >= 11 is 0. The highest BCUT2D eigenvalue weighted by molar-refractivity contribution is 7.94. The zero-order valence-electron chi connectivity index (χ0n) is 11.3. The van der Waals surface area contributed by atoms with Crippen molar-refractivity contribution in [3.8, 4) is 11.4 Å².